The molecule has 0 radical (unpaired) electrons. The first-order valence-corrected chi connectivity index (χ1v) is 16.0. The number of carbonyl (C=O) groups excluding carboxylic acids is 2. The van der Waals surface area contributed by atoms with Crippen molar-refractivity contribution < 1.29 is 9.59 Å². The van der Waals surface area contributed by atoms with E-state index >= 15 is 0 Å². The fourth-order valence-electron chi connectivity index (χ4n) is 7.54. The number of hydrogen-bond donors (Lipinski definition) is 3. The lowest BCUT2D eigenvalue weighted by Crippen LogP contribution is -2.55. The maximum absolute atomic E-state index is 13.4. The average molecular weight is 586 g/mol. The van der Waals surface area contributed by atoms with Gasteiger partial charge in [-0.25, -0.2) is 4.98 Å². The van der Waals surface area contributed by atoms with Crippen LogP contribution in [0, 0.1) is 0 Å². The van der Waals surface area contributed by atoms with E-state index < -0.39 is 0 Å². The Balaban J connectivity index is 0.00000118. The Morgan fingerprint density at radius 2 is 1.86 bits per heavy atom. The number of H-pyrrole nitrogens is 2. The zero-order valence-corrected chi connectivity index (χ0v) is 26.2. The van der Waals surface area contributed by atoms with Crippen molar-refractivity contribution in [3.63, 3.8) is 0 Å². The molecule has 0 aliphatic carbocycles. The van der Waals surface area contributed by atoms with Crippen molar-refractivity contribution in [3.8, 4) is 11.3 Å². The zero-order chi connectivity index (χ0) is 30.6. The number of aromatic amines is 2. The molecule has 0 spiro atoms. The highest BCUT2D eigenvalue weighted by Crippen LogP contribution is 2.40. The summed E-state index contributed by atoms with van der Waals surface area (Å²) in [5.41, 5.74) is 11.4. The fourth-order valence-corrected chi connectivity index (χ4v) is 7.54. The van der Waals surface area contributed by atoms with E-state index in [1.54, 1.807) is 0 Å². The first-order chi connectivity index (χ1) is 20.9. The molecular formula is C34H47N7O2. The molecule has 4 aromatic rings. The van der Waals surface area contributed by atoms with Gasteiger partial charge >= 0.3 is 0 Å². The Labute approximate surface area is 254 Å². The van der Waals surface area contributed by atoms with Crippen molar-refractivity contribution in [1.29, 1.82) is 0 Å². The number of benzene rings is 1. The van der Waals surface area contributed by atoms with Gasteiger partial charge in [0.1, 0.15) is 0 Å². The third-order valence-corrected chi connectivity index (χ3v) is 10.0. The normalized spacial score (nSPS) is 17.7. The van der Waals surface area contributed by atoms with Crippen molar-refractivity contribution in [2.45, 2.75) is 90.0 Å². The summed E-state index contributed by atoms with van der Waals surface area (Å²) in [4.78, 5) is 34.8. The summed E-state index contributed by atoms with van der Waals surface area (Å²) in [6.45, 7) is 12.5. The molecule has 5 heterocycles. The Bertz CT molecular complexity index is 1540. The summed E-state index contributed by atoms with van der Waals surface area (Å²) in [7, 11) is 0. The Morgan fingerprint density at radius 3 is 2.56 bits per heavy atom. The minimum absolute atomic E-state index is 0.213. The number of amides is 2. The zero-order valence-electron chi connectivity index (χ0n) is 26.2. The van der Waals surface area contributed by atoms with Crippen LogP contribution in [0.2, 0.25) is 0 Å². The Hall–Kier alpha value is -3.72. The molecular weight excluding hydrogens is 538 g/mol. The van der Waals surface area contributed by atoms with Gasteiger partial charge in [0.05, 0.1) is 18.4 Å². The summed E-state index contributed by atoms with van der Waals surface area (Å²) in [6, 6.07) is 9.03. The van der Waals surface area contributed by atoms with Gasteiger partial charge in [0, 0.05) is 46.7 Å². The first kappa shape index (κ1) is 30.7. The fraction of sp³-hybridized carbons (Fsp3) is 0.529. The molecule has 2 saturated heterocycles. The van der Waals surface area contributed by atoms with Crippen LogP contribution in [0.4, 0.5) is 0 Å². The van der Waals surface area contributed by atoms with Crippen molar-refractivity contribution >= 4 is 34.3 Å². The Morgan fingerprint density at radius 1 is 1.12 bits per heavy atom. The van der Waals surface area contributed by atoms with Crippen molar-refractivity contribution in [2.75, 3.05) is 26.2 Å². The molecule has 2 fully saturated rings. The third kappa shape index (κ3) is 6.05. The SMILES string of the molecule is CCC1(CC)CCCCN1CC(=O)N1CCC(c2ccc3[nH]c(-c4ccnc5[nH]ncc45)c(C(C)C)c3c2)CC1.NC=O. The molecule has 0 saturated carbocycles. The molecule has 0 atom stereocenters. The number of nitrogens with two attached hydrogens (primary N) is 1. The van der Waals surface area contributed by atoms with E-state index in [0.29, 0.717) is 24.3 Å². The summed E-state index contributed by atoms with van der Waals surface area (Å²) in [6.07, 6.45) is 12.0. The molecule has 0 unspecified atom stereocenters. The number of hydrogen-bond acceptors (Lipinski definition) is 5. The third-order valence-electron chi connectivity index (χ3n) is 10.0. The number of pyridine rings is 1. The van der Waals surface area contributed by atoms with E-state index in [-0.39, 0.29) is 11.9 Å². The van der Waals surface area contributed by atoms with E-state index in [2.05, 4.69) is 87.7 Å². The van der Waals surface area contributed by atoms with E-state index in [1.165, 1.54) is 41.3 Å². The second-order valence-electron chi connectivity index (χ2n) is 12.5. The van der Waals surface area contributed by atoms with Gasteiger partial charge in [0.2, 0.25) is 12.3 Å². The van der Waals surface area contributed by atoms with Crippen molar-refractivity contribution in [2.24, 2.45) is 5.73 Å². The number of nitrogens with one attached hydrogen (secondary N) is 2. The van der Waals surface area contributed by atoms with E-state index in [4.69, 9.17) is 4.79 Å². The van der Waals surface area contributed by atoms with E-state index in [0.717, 1.165) is 67.6 Å². The average Bonchev–Trinajstić information content (AvgIpc) is 3.66. The lowest BCUT2D eigenvalue weighted by atomic mass is 9.82. The van der Waals surface area contributed by atoms with Gasteiger partial charge in [0.25, 0.3) is 0 Å². The monoisotopic (exact) mass is 585 g/mol. The van der Waals surface area contributed by atoms with Gasteiger partial charge in [-0.3, -0.25) is 19.6 Å². The molecule has 43 heavy (non-hydrogen) atoms. The molecule has 3 aromatic heterocycles. The second-order valence-corrected chi connectivity index (χ2v) is 12.5. The smallest absolute Gasteiger partial charge is 0.236 e. The molecule has 6 rings (SSSR count). The van der Waals surface area contributed by atoms with E-state index in [9.17, 15) is 4.79 Å². The lowest BCUT2D eigenvalue weighted by Gasteiger charge is -2.47. The molecule has 230 valence electrons. The highest BCUT2D eigenvalue weighted by Gasteiger charge is 2.37. The topological polar surface area (TPSA) is 124 Å². The van der Waals surface area contributed by atoms with Crippen LogP contribution in [0.25, 0.3) is 33.2 Å². The predicted molar refractivity (Wildman–Crippen MR) is 173 cm³/mol. The van der Waals surface area contributed by atoms with Gasteiger partial charge in [-0.2, -0.15) is 5.10 Å². The summed E-state index contributed by atoms with van der Waals surface area (Å²) >= 11 is 0. The minimum atomic E-state index is 0.213. The number of nitrogens with zero attached hydrogens (tertiary/aromatic N) is 4. The molecule has 4 N–H and O–H groups in total. The highest BCUT2D eigenvalue weighted by atomic mass is 16.2. The van der Waals surface area contributed by atoms with Gasteiger partial charge in [-0.1, -0.05) is 40.2 Å². The van der Waals surface area contributed by atoms with Crippen LogP contribution in [0.15, 0.2) is 36.7 Å². The van der Waals surface area contributed by atoms with E-state index in [1.807, 2.05) is 12.4 Å². The van der Waals surface area contributed by atoms with Crippen LogP contribution in [0.3, 0.4) is 0 Å². The quantitative estimate of drug-likeness (QED) is 0.227. The maximum Gasteiger partial charge on any atom is 0.236 e. The van der Waals surface area contributed by atoms with Crippen LogP contribution in [0.1, 0.15) is 95.6 Å². The minimum Gasteiger partial charge on any atom is -0.372 e. The maximum atomic E-state index is 13.4. The first-order valence-electron chi connectivity index (χ1n) is 16.0. The van der Waals surface area contributed by atoms with Crippen LogP contribution in [-0.2, 0) is 9.59 Å². The highest BCUT2D eigenvalue weighted by molar-refractivity contribution is 5.98. The van der Waals surface area contributed by atoms with Gasteiger partial charge < -0.3 is 15.6 Å². The molecule has 9 nitrogen and oxygen atoms in total. The number of primary amides is 1. The molecule has 2 amide bonds. The molecule has 0 bridgehead atoms. The molecule has 2 aliphatic rings. The number of carbonyl (C=O) groups is 2. The Kier molecular flexibility index (Phi) is 9.49. The second kappa shape index (κ2) is 13.3. The lowest BCUT2D eigenvalue weighted by molar-refractivity contribution is -0.136. The number of fused-ring (bicyclic) bond motifs is 2. The number of aromatic nitrogens is 4. The van der Waals surface area contributed by atoms with Crippen LogP contribution in [-0.4, -0.2) is 74.0 Å². The van der Waals surface area contributed by atoms with Crippen molar-refractivity contribution in [1.82, 2.24) is 30.0 Å². The number of rotatable bonds is 7. The van der Waals surface area contributed by atoms with Crippen LogP contribution < -0.4 is 5.73 Å². The largest absolute Gasteiger partial charge is 0.372 e. The van der Waals surface area contributed by atoms with Crippen molar-refractivity contribution in [3.05, 3.63) is 47.8 Å². The summed E-state index contributed by atoms with van der Waals surface area (Å²) < 4.78 is 0. The number of likely N-dealkylation sites (tertiary alicyclic amines) is 2. The van der Waals surface area contributed by atoms with Crippen LogP contribution >= 0.6 is 0 Å². The summed E-state index contributed by atoms with van der Waals surface area (Å²) in [5.74, 6) is 1.16. The van der Waals surface area contributed by atoms with Gasteiger partial charge in [0.15, 0.2) is 5.65 Å². The molecule has 1 aromatic carbocycles. The molecule has 9 heteroatoms. The summed E-state index contributed by atoms with van der Waals surface area (Å²) in [5, 5.41) is 9.56. The standard InChI is InChI=1S/C33H44N6O.CH3NO/c1-5-33(6-2)14-7-8-16-39(33)21-29(40)38-17-12-23(13-18-38)24-9-10-28-26(19-24)30(22(3)4)31(36-28)25-11-15-34-32-27(25)20-35-37-32;2-1-3/h9-11,15,19-20,22-23,36H,5-8,12-14,16-18,21H2,1-4H3,(H,34,35,37);1H,(H2,2,3). The molecule has 2 aliphatic heterocycles. The predicted octanol–water partition coefficient (Wildman–Crippen LogP) is 6.08. The van der Waals surface area contributed by atoms with Gasteiger partial charge in [-0.05, 0) is 86.2 Å². The van der Waals surface area contributed by atoms with Crippen LogP contribution in [0.5, 0.6) is 0 Å². The number of piperidine rings is 2. The van der Waals surface area contributed by atoms with Gasteiger partial charge in [-0.15, -0.1) is 0 Å².